The highest BCUT2D eigenvalue weighted by atomic mass is 35.5. The molecule has 0 heterocycles. The minimum atomic E-state index is -0.449. The molecule has 3 aromatic carbocycles. The Morgan fingerprint density at radius 3 is 2.45 bits per heavy atom. The first kappa shape index (κ1) is 20.2. The van der Waals surface area contributed by atoms with E-state index in [0.717, 1.165) is 11.1 Å². The van der Waals surface area contributed by atoms with Gasteiger partial charge in [-0.15, -0.1) is 0 Å². The first-order valence-corrected chi connectivity index (χ1v) is 9.02. The van der Waals surface area contributed by atoms with Crippen molar-refractivity contribution in [3.8, 4) is 11.5 Å². The lowest BCUT2D eigenvalue weighted by Gasteiger charge is -2.11. The molecule has 0 spiro atoms. The summed E-state index contributed by atoms with van der Waals surface area (Å²) in [6, 6.07) is 18.9. The van der Waals surface area contributed by atoms with Crippen LogP contribution in [0.4, 0.5) is 11.4 Å². The predicted molar refractivity (Wildman–Crippen MR) is 113 cm³/mol. The number of methoxy groups -OCH3 is 1. The van der Waals surface area contributed by atoms with Crippen LogP contribution in [-0.2, 0) is 6.61 Å². The standard InChI is InChI=1S/C21H18ClN3O4/c1-28-21-12-16(13-23-24-18-7-9-19(10-8-18)25(26)27)4-11-20(21)29-14-15-2-5-17(22)6-3-15/h2-13,24H,14H2,1H3. The van der Waals surface area contributed by atoms with Gasteiger partial charge in [0.2, 0.25) is 0 Å². The molecule has 0 saturated heterocycles. The Morgan fingerprint density at radius 2 is 1.79 bits per heavy atom. The molecule has 0 bridgehead atoms. The number of nitrogens with zero attached hydrogens (tertiary/aromatic N) is 2. The highest BCUT2D eigenvalue weighted by Gasteiger charge is 2.06. The van der Waals surface area contributed by atoms with Crippen molar-refractivity contribution in [3.63, 3.8) is 0 Å². The molecule has 0 saturated carbocycles. The Balaban J connectivity index is 1.62. The van der Waals surface area contributed by atoms with Crippen molar-refractivity contribution in [2.75, 3.05) is 12.5 Å². The van der Waals surface area contributed by atoms with Gasteiger partial charge >= 0.3 is 0 Å². The minimum Gasteiger partial charge on any atom is -0.493 e. The van der Waals surface area contributed by atoms with Crippen LogP contribution < -0.4 is 14.9 Å². The van der Waals surface area contributed by atoms with Gasteiger partial charge in [0.1, 0.15) is 6.61 Å². The Morgan fingerprint density at radius 1 is 1.07 bits per heavy atom. The Bertz CT molecular complexity index is 1010. The average Bonchev–Trinajstić information content (AvgIpc) is 2.74. The highest BCUT2D eigenvalue weighted by molar-refractivity contribution is 6.30. The number of nitro groups is 1. The number of non-ortho nitro benzene ring substituents is 1. The summed E-state index contributed by atoms with van der Waals surface area (Å²) in [4.78, 5) is 10.2. The molecule has 0 radical (unpaired) electrons. The predicted octanol–water partition coefficient (Wildman–Crippen LogP) is 5.28. The number of nitro benzene ring substituents is 1. The normalized spacial score (nSPS) is 10.7. The number of benzene rings is 3. The smallest absolute Gasteiger partial charge is 0.269 e. The molecular weight excluding hydrogens is 394 g/mol. The lowest BCUT2D eigenvalue weighted by molar-refractivity contribution is -0.384. The molecule has 7 nitrogen and oxygen atoms in total. The van der Waals surface area contributed by atoms with Gasteiger partial charge < -0.3 is 9.47 Å². The van der Waals surface area contributed by atoms with Gasteiger partial charge in [0.05, 0.1) is 23.9 Å². The van der Waals surface area contributed by atoms with Gasteiger partial charge in [-0.1, -0.05) is 23.7 Å². The fraction of sp³-hybridized carbons (Fsp3) is 0.0952. The zero-order chi connectivity index (χ0) is 20.6. The molecule has 0 unspecified atom stereocenters. The summed E-state index contributed by atoms with van der Waals surface area (Å²) in [5.41, 5.74) is 5.29. The van der Waals surface area contributed by atoms with Gasteiger partial charge in [-0.25, -0.2) is 0 Å². The fourth-order valence-corrected chi connectivity index (χ4v) is 2.59. The van der Waals surface area contributed by atoms with Crippen molar-refractivity contribution in [1.82, 2.24) is 0 Å². The van der Waals surface area contributed by atoms with Crippen molar-refractivity contribution in [2.45, 2.75) is 6.61 Å². The van der Waals surface area contributed by atoms with Crippen molar-refractivity contribution in [2.24, 2.45) is 5.10 Å². The van der Waals surface area contributed by atoms with Gasteiger partial charge in [0, 0.05) is 17.2 Å². The van der Waals surface area contributed by atoms with Crippen LogP contribution in [0.2, 0.25) is 5.02 Å². The van der Waals surface area contributed by atoms with E-state index in [1.54, 1.807) is 31.5 Å². The molecule has 0 amide bonds. The molecule has 3 rings (SSSR count). The fourth-order valence-electron chi connectivity index (χ4n) is 2.46. The summed E-state index contributed by atoms with van der Waals surface area (Å²) in [7, 11) is 1.57. The van der Waals surface area contributed by atoms with Crippen LogP contribution in [-0.4, -0.2) is 18.2 Å². The summed E-state index contributed by atoms with van der Waals surface area (Å²) >= 11 is 5.89. The van der Waals surface area contributed by atoms with E-state index in [0.29, 0.717) is 28.8 Å². The average molecular weight is 412 g/mol. The molecule has 8 heteroatoms. The van der Waals surface area contributed by atoms with Gasteiger partial charge in [-0.05, 0) is 53.6 Å². The van der Waals surface area contributed by atoms with Crippen LogP contribution >= 0.6 is 11.6 Å². The van der Waals surface area contributed by atoms with Crippen LogP contribution in [0.1, 0.15) is 11.1 Å². The minimum absolute atomic E-state index is 0.0263. The number of halogens is 1. The first-order chi connectivity index (χ1) is 14.0. The van der Waals surface area contributed by atoms with Crippen molar-refractivity contribution >= 4 is 29.2 Å². The first-order valence-electron chi connectivity index (χ1n) is 8.64. The van der Waals surface area contributed by atoms with E-state index in [2.05, 4.69) is 10.5 Å². The maximum Gasteiger partial charge on any atom is 0.269 e. The quantitative estimate of drug-likeness (QED) is 0.309. The summed E-state index contributed by atoms with van der Waals surface area (Å²) < 4.78 is 11.2. The second-order valence-corrected chi connectivity index (χ2v) is 6.44. The number of hydrogen-bond donors (Lipinski definition) is 1. The van der Waals surface area contributed by atoms with Gasteiger partial charge in [0.15, 0.2) is 11.5 Å². The summed E-state index contributed by atoms with van der Waals surface area (Å²) in [6.07, 6.45) is 1.62. The summed E-state index contributed by atoms with van der Waals surface area (Å²) in [5, 5.41) is 15.5. The van der Waals surface area contributed by atoms with Crippen LogP contribution in [0.25, 0.3) is 0 Å². The molecule has 0 fully saturated rings. The number of rotatable bonds is 8. The monoisotopic (exact) mass is 411 g/mol. The molecule has 29 heavy (non-hydrogen) atoms. The van der Waals surface area contributed by atoms with E-state index in [1.807, 2.05) is 36.4 Å². The maximum atomic E-state index is 10.7. The van der Waals surface area contributed by atoms with Gasteiger partial charge in [-0.3, -0.25) is 15.5 Å². The maximum absolute atomic E-state index is 10.7. The van der Waals surface area contributed by atoms with E-state index in [-0.39, 0.29) is 5.69 Å². The van der Waals surface area contributed by atoms with E-state index in [1.165, 1.54) is 12.1 Å². The van der Waals surface area contributed by atoms with Crippen molar-refractivity contribution < 1.29 is 14.4 Å². The molecule has 3 aromatic rings. The Kier molecular flexibility index (Phi) is 6.65. The van der Waals surface area contributed by atoms with Gasteiger partial charge in [-0.2, -0.15) is 5.10 Å². The highest BCUT2D eigenvalue weighted by Crippen LogP contribution is 2.28. The van der Waals surface area contributed by atoms with Crippen molar-refractivity contribution in [3.05, 3.63) is 93.0 Å². The van der Waals surface area contributed by atoms with Gasteiger partial charge in [0.25, 0.3) is 5.69 Å². The summed E-state index contributed by atoms with van der Waals surface area (Å²) in [6.45, 7) is 0.392. The largest absolute Gasteiger partial charge is 0.493 e. The molecule has 0 aliphatic rings. The topological polar surface area (TPSA) is 86.0 Å². The van der Waals surface area contributed by atoms with Crippen LogP contribution in [0.3, 0.4) is 0 Å². The zero-order valence-corrected chi connectivity index (χ0v) is 16.3. The zero-order valence-electron chi connectivity index (χ0n) is 15.5. The van der Waals surface area contributed by atoms with Crippen LogP contribution in [0.5, 0.6) is 11.5 Å². The number of hydrazone groups is 1. The van der Waals surface area contributed by atoms with E-state index < -0.39 is 4.92 Å². The second-order valence-electron chi connectivity index (χ2n) is 6.00. The number of anilines is 1. The lowest BCUT2D eigenvalue weighted by Crippen LogP contribution is -1.98. The second kappa shape index (κ2) is 9.57. The Labute approximate surface area is 172 Å². The molecule has 0 atom stereocenters. The Hall–Kier alpha value is -3.58. The van der Waals surface area contributed by atoms with E-state index >= 15 is 0 Å². The molecule has 1 N–H and O–H groups in total. The molecule has 0 aliphatic carbocycles. The number of hydrogen-bond acceptors (Lipinski definition) is 6. The van der Waals surface area contributed by atoms with E-state index in [9.17, 15) is 10.1 Å². The molecule has 0 aliphatic heterocycles. The summed E-state index contributed by atoms with van der Waals surface area (Å²) in [5.74, 6) is 1.20. The molecular formula is C21H18ClN3O4. The molecule has 148 valence electrons. The third kappa shape index (κ3) is 5.70. The van der Waals surface area contributed by atoms with Crippen LogP contribution in [0, 0.1) is 10.1 Å². The number of nitrogens with one attached hydrogen (secondary N) is 1. The lowest BCUT2D eigenvalue weighted by atomic mass is 10.2. The third-order valence-electron chi connectivity index (χ3n) is 3.98. The molecule has 0 aromatic heterocycles. The van der Waals surface area contributed by atoms with Crippen LogP contribution in [0.15, 0.2) is 71.8 Å². The van der Waals surface area contributed by atoms with E-state index in [4.69, 9.17) is 21.1 Å². The van der Waals surface area contributed by atoms with Crippen molar-refractivity contribution in [1.29, 1.82) is 0 Å². The number of ether oxygens (including phenoxy) is 2. The third-order valence-corrected chi connectivity index (χ3v) is 4.23. The SMILES string of the molecule is COc1cc(C=NNc2ccc([N+](=O)[O-])cc2)ccc1OCc1ccc(Cl)cc1.